The molecule has 0 radical (unpaired) electrons. The fourth-order valence-electron chi connectivity index (χ4n) is 4.42. The Bertz CT molecular complexity index is 610. The van der Waals surface area contributed by atoms with E-state index in [1.807, 2.05) is 4.90 Å². The van der Waals surface area contributed by atoms with Crippen molar-refractivity contribution in [1.82, 2.24) is 9.80 Å². The average Bonchev–Trinajstić information content (AvgIpc) is 2.69. The molecule has 1 amide bonds. The number of amides is 1. The summed E-state index contributed by atoms with van der Waals surface area (Å²) in [6.45, 7) is 13.4. The lowest BCUT2D eigenvalue weighted by molar-refractivity contribution is -0.134. The number of benzene rings is 1. The molecule has 0 bridgehead atoms. The van der Waals surface area contributed by atoms with Crippen molar-refractivity contribution in [1.29, 1.82) is 0 Å². The molecule has 0 spiro atoms. The Morgan fingerprint density at radius 3 is 2.11 bits per heavy atom. The van der Waals surface area contributed by atoms with Crippen LogP contribution in [0.5, 0.6) is 5.75 Å². The van der Waals surface area contributed by atoms with Crippen molar-refractivity contribution in [3.8, 4) is 5.75 Å². The Labute approximate surface area is 171 Å². The first-order valence-electron chi connectivity index (χ1n) is 11.2. The summed E-state index contributed by atoms with van der Waals surface area (Å²) in [6.07, 6.45) is 4.53. The van der Waals surface area contributed by atoms with Gasteiger partial charge in [0, 0.05) is 25.9 Å². The first-order valence-corrected chi connectivity index (χ1v) is 11.2. The van der Waals surface area contributed by atoms with Gasteiger partial charge in [-0.1, -0.05) is 39.8 Å². The zero-order valence-electron chi connectivity index (χ0n) is 18.2. The van der Waals surface area contributed by atoms with Gasteiger partial charge in [-0.25, -0.2) is 0 Å². The zero-order valence-corrected chi connectivity index (χ0v) is 18.2. The number of hydrogen-bond donors (Lipinski definition) is 0. The summed E-state index contributed by atoms with van der Waals surface area (Å²) >= 11 is 0. The highest BCUT2D eigenvalue weighted by molar-refractivity contribution is 5.78. The van der Waals surface area contributed by atoms with Gasteiger partial charge in [-0.3, -0.25) is 9.69 Å². The second kappa shape index (κ2) is 9.78. The van der Waals surface area contributed by atoms with Crippen molar-refractivity contribution in [2.45, 2.75) is 65.4 Å². The lowest BCUT2D eigenvalue weighted by Crippen LogP contribution is -2.47. The molecule has 2 saturated heterocycles. The Morgan fingerprint density at radius 2 is 1.57 bits per heavy atom. The van der Waals surface area contributed by atoms with Crippen molar-refractivity contribution < 1.29 is 9.53 Å². The molecule has 2 aliphatic heterocycles. The number of likely N-dealkylation sites (tertiary alicyclic amines) is 2. The quantitative estimate of drug-likeness (QED) is 0.719. The number of hydrogen-bond acceptors (Lipinski definition) is 3. The SMILES string of the molecule is CC(C)c1ccc(OC2CCN(C(=O)CN3CCC(C(C)C)CC3)CC2)cc1. The first-order chi connectivity index (χ1) is 13.4. The highest BCUT2D eigenvalue weighted by atomic mass is 16.5. The molecule has 0 N–H and O–H groups in total. The molecule has 3 rings (SSSR count). The number of nitrogens with zero attached hydrogens (tertiary/aromatic N) is 2. The molecule has 156 valence electrons. The Hall–Kier alpha value is -1.55. The van der Waals surface area contributed by atoms with E-state index in [1.54, 1.807) is 0 Å². The summed E-state index contributed by atoms with van der Waals surface area (Å²) < 4.78 is 6.15. The first kappa shape index (κ1) is 21.2. The van der Waals surface area contributed by atoms with Crippen molar-refractivity contribution in [3.63, 3.8) is 0 Å². The van der Waals surface area contributed by atoms with E-state index in [0.717, 1.165) is 56.6 Å². The van der Waals surface area contributed by atoms with Gasteiger partial charge in [-0.05, 0) is 61.4 Å². The fourth-order valence-corrected chi connectivity index (χ4v) is 4.42. The third kappa shape index (κ3) is 5.73. The third-order valence-electron chi connectivity index (χ3n) is 6.58. The van der Waals surface area contributed by atoms with Gasteiger partial charge >= 0.3 is 0 Å². The molecule has 2 heterocycles. The third-order valence-corrected chi connectivity index (χ3v) is 6.58. The number of ether oxygens (including phenoxy) is 1. The lowest BCUT2D eigenvalue weighted by Gasteiger charge is -2.36. The van der Waals surface area contributed by atoms with E-state index in [9.17, 15) is 4.79 Å². The highest BCUT2D eigenvalue weighted by Crippen LogP contribution is 2.25. The Morgan fingerprint density at radius 1 is 0.964 bits per heavy atom. The van der Waals surface area contributed by atoms with Crippen LogP contribution in [-0.4, -0.2) is 54.5 Å². The van der Waals surface area contributed by atoms with Crippen molar-refractivity contribution in [2.24, 2.45) is 11.8 Å². The maximum absolute atomic E-state index is 12.7. The van der Waals surface area contributed by atoms with E-state index >= 15 is 0 Å². The van der Waals surface area contributed by atoms with Gasteiger partial charge in [0.1, 0.15) is 11.9 Å². The molecule has 28 heavy (non-hydrogen) atoms. The standard InChI is InChI=1S/C24H38N2O2/c1-18(2)20-5-7-22(8-6-20)28-23-11-15-26(16-12-23)24(27)17-25-13-9-21(10-14-25)19(3)4/h5-8,18-19,21,23H,9-17H2,1-4H3. The second-order valence-electron chi connectivity index (χ2n) is 9.28. The Balaban J connectivity index is 1.39. The van der Waals surface area contributed by atoms with E-state index in [1.165, 1.54) is 18.4 Å². The molecule has 0 aromatic heterocycles. The van der Waals surface area contributed by atoms with Gasteiger partial charge in [0.25, 0.3) is 0 Å². The van der Waals surface area contributed by atoms with Crippen LogP contribution in [0.1, 0.15) is 64.9 Å². The minimum absolute atomic E-state index is 0.218. The largest absolute Gasteiger partial charge is 0.490 e. The van der Waals surface area contributed by atoms with Crippen molar-refractivity contribution >= 4 is 5.91 Å². The van der Waals surface area contributed by atoms with E-state index in [0.29, 0.717) is 18.4 Å². The number of piperidine rings is 2. The van der Waals surface area contributed by atoms with Crippen LogP contribution in [-0.2, 0) is 4.79 Å². The summed E-state index contributed by atoms with van der Waals surface area (Å²) in [5.74, 6) is 3.37. The lowest BCUT2D eigenvalue weighted by atomic mass is 9.87. The zero-order chi connectivity index (χ0) is 20.1. The maximum atomic E-state index is 12.7. The van der Waals surface area contributed by atoms with Gasteiger partial charge in [-0.15, -0.1) is 0 Å². The molecule has 0 aliphatic carbocycles. The summed E-state index contributed by atoms with van der Waals surface area (Å²) in [5.41, 5.74) is 1.34. The molecule has 4 nitrogen and oxygen atoms in total. The topological polar surface area (TPSA) is 32.8 Å². The van der Waals surface area contributed by atoms with Gasteiger partial charge in [0.15, 0.2) is 0 Å². The van der Waals surface area contributed by atoms with Crippen LogP contribution in [0.15, 0.2) is 24.3 Å². The van der Waals surface area contributed by atoms with Gasteiger partial charge in [0.05, 0.1) is 6.54 Å². The molecule has 1 aromatic rings. The molecule has 1 aromatic carbocycles. The van der Waals surface area contributed by atoms with Crippen LogP contribution >= 0.6 is 0 Å². The summed E-state index contributed by atoms with van der Waals surface area (Å²) in [6, 6.07) is 8.46. The highest BCUT2D eigenvalue weighted by Gasteiger charge is 2.27. The van der Waals surface area contributed by atoms with E-state index in [2.05, 4.69) is 56.9 Å². The van der Waals surface area contributed by atoms with Crippen LogP contribution in [0.25, 0.3) is 0 Å². The predicted octanol–water partition coefficient (Wildman–Crippen LogP) is 4.55. The van der Waals surface area contributed by atoms with Crippen LogP contribution in [0, 0.1) is 11.8 Å². The van der Waals surface area contributed by atoms with E-state index in [4.69, 9.17) is 4.74 Å². The van der Waals surface area contributed by atoms with Crippen molar-refractivity contribution in [3.05, 3.63) is 29.8 Å². The minimum Gasteiger partial charge on any atom is -0.490 e. The summed E-state index contributed by atoms with van der Waals surface area (Å²) in [5, 5.41) is 0. The fraction of sp³-hybridized carbons (Fsp3) is 0.708. The number of carbonyl (C=O) groups excluding carboxylic acids is 1. The smallest absolute Gasteiger partial charge is 0.236 e. The molecular weight excluding hydrogens is 348 g/mol. The molecular formula is C24H38N2O2. The van der Waals surface area contributed by atoms with Crippen LogP contribution in [0.3, 0.4) is 0 Å². The molecule has 4 heteroatoms. The van der Waals surface area contributed by atoms with E-state index < -0.39 is 0 Å². The van der Waals surface area contributed by atoms with Crippen molar-refractivity contribution in [2.75, 3.05) is 32.7 Å². The summed E-state index contributed by atoms with van der Waals surface area (Å²) in [7, 11) is 0. The minimum atomic E-state index is 0.218. The summed E-state index contributed by atoms with van der Waals surface area (Å²) in [4.78, 5) is 17.1. The van der Waals surface area contributed by atoms with Gasteiger partial charge in [0.2, 0.25) is 5.91 Å². The van der Waals surface area contributed by atoms with Crippen LogP contribution in [0.4, 0.5) is 0 Å². The Kier molecular flexibility index (Phi) is 7.39. The van der Waals surface area contributed by atoms with E-state index in [-0.39, 0.29) is 6.10 Å². The normalized spacial score (nSPS) is 20.1. The molecule has 0 saturated carbocycles. The maximum Gasteiger partial charge on any atom is 0.236 e. The van der Waals surface area contributed by atoms with Gasteiger partial charge in [-0.2, -0.15) is 0 Å². The van der Waals surface area contributed by atoms with Crippen LogP contribution < -0.4 is 4.74 Å². The molecule has 2 aliphatic rings. The number of rotatable bonds is 6. The monoisotopic (exact) mass is 386 g/mol. The number of carbonyl (C=O) groups is 1. The van der Waals surface area contributed by atoms with Crippen LogP contribution in [0.2, 0.25) is 0 Å². The average molecular weight is 387 g/mol. The molecule has 0 atom stereocenters. The molecule has 0 unspecified atom stereocenters. The predicted molar refractivity (Wildman–Crippen MR) is 115 cm³/mol. The van der Waals surface area contributed by atoms with Gasteiger partial charge < -0.3 is 9.64 Å². The second-order valence-corrected chi connectivity index (χ2v) is 9.28. The molecule has 2 fully saturated rings.